The molecule has 0 amide bonds. The first-order chi connectivity index (χ1) is 19.3. The van der Waals surface area contributed by atoms with Crippen molar-refractivity contribution in [2.45, 2.75) is 75.7 Å². The monoisotopic (exact) mass is 556 g/mol. The fourth-order valence-electron chi connectivity index (χ4n) is 7.51. The Balaban J connectivity index is 1.18. The summed E-state index contributed by atoms with van der Waals surface area (Å²) in [4.78, 5) is 17.2. The number of rotatable bonds is 10. The first-order valence-electron chi connectivity index (χ1n) is 15.2. The second-order valence-corrected chi connectivity index (χ2v) is 12.4. The minimum Gasteiger partial charge on any atom is -0.480 e. The minimum absolute atomic E-state index is 0.114. The first-order valence-corrected chi connectivity index (χ1v) is 15.2. The minimum atomic E-state index is -2.94. The van der Waals surface area contributed by atoms with Gasteiger partial charge < -0.3 is 10.0 Å². The van der Waals surface area contributed by atoms with Crippen molar-refractivity contribution in [2.75, 3.05) is 32.7 Å². The molecule has 2 aliphatic heterocycles. The summed E-state index contributed by atoms with van der Waals surface area (Å²) in [7, 11) is 0. The number of hydrogen-bond acceptors (Lipinski definition) is 3. The summed E-state index contributed by atoms with van der Waals surface area (Å²) in [6.45, 7) is 4.24. The molecule has 5 rings (SSSR count). The Kier molecular flexibility index (Phi) is 9.52. The highest BCUT2D eigenvalue weighted by molar-refractivity contribution is 5.74. The number of carboxylic acids is 1. The van der Waals surface area contributed by atoms with Gasteiger partial charge >= 0.3 is 5.97 Å². The lowest BCUT2D eigenvalue weighted by atomic mass is 9.83. The quantitative estimate of drug-likeness (QED) is 0.337. The molecule has 0 aromatic heterocycles. The number of likely N-dealkylation sites (tertiary alicyclic amines) is 2. The molecule has 3 atom stereocenters. The number of nitrogens with zero attached hydrogens (tertiary/aromatic N) is 2. The second kappa shape index (κ2) is 13.1. The molecular weight excluding hydrogens is 513 g/mol. The summed E-state index contributed by atoms with van der Waals surface area (Å²) in [5, 5.41) is 10.3. The van der Waals surface area contributed by atoms with Gasteiger partial charge in [-0.15, -0.1) is 0 Å². The molecule has 2 aromatic carbocycles. The molecule has 0 bridgehead atoms. The summed E-state index contributed by atoms with van der Waals surface area (Å²) < 4.78 is 42.6. The van der Waals surface area contributed by atoms with E-state index in [1.165, 1.54) is 24.1 Å². The van der Waals surface area contributed by atoms with E-state index in [1.54, 1.807) is 0 Å². The maximum atomic E-state index is 14.7. The van der Waals surface area contributed by atoms with Gasteiger partial charge in [0.2, 0.25) is 0 Å². The largest absolute Gasteiger partial charge is 0.480 e. The molecule has 40 heavy (non-hydrogen) atoms. The third-order valence-electron chi connectivity index (χ3n) is 9.77. The third kappa shape index (κ3) is 7.09. The lowest BCUT2D eigenvalue weighted by Gasteiger charge is -2.35. The predicted octanol–water partition coefficient (Wildman–Crippen LogP) is 7.16. The lowest BCUT2D eigenvalue weighted by molar-refractivity contribution is -0.145. The Morgan fingerprint density at radius 1 is 0.925 bits per heavy atom. The van der Waals surface area contributed by atoms with Crippen molar-refractivity contribution in [1.29, 1.82) is 0 Å². The fourth-order valence-corrected chi connectivity index (χ4v) is 7.51. The molecule has 3 fully saturated rings. The van der Waals surface area contributed by atoms with Crippen molar-refractivity contribution in [1.82, 2.24) is 9.80 Å². The number of piperidine rings is 1. The normalized spacial score (nSPS) is 24.8. The highest BCUT2D eigenvalue weighted by atomic mass is 19.3. The standard InChI is InChI=1S/C33H43F3N2O2/c34-29-13-11-28(12-14-29)33(35,36)18-15-24-16-19-37(20-17-24)21-27-22-38(23-30(27)25-7-3-1-4-8-25)31(32(39)40)26-9-5-2-6-10-26/h1,3-4,7-8,11-14,24,26-27,30-31H,2,5-6,9-10,15-23H2,(H,39,40)/t27-,30+,31+/m0/s1. The van der Waals surface area contributed by atoms with E-state index in [1.807, 2.05) is 6.07 Å². The summed E-state index contributed by atoms with van der Waals surface area (Å²) in [6, 6.07) is 14.7. The van der Waals surface area contributed by atoms with Crippen LogP contribution in [0.25, 0.3) is 0 Å². The smallest absolute Gasteiger partial charge is 0.321 e. The third-order valence-corrected chi connectivity index (χ3v) is 9.77. The lowest BCUT2D eigenvalue weighted by Crippen LogP contribution is -2.46. The van der Waals surface area contributed by atoms with Crippen LogP contribution in [0.15, 0.2) is 54.6 Å². The fraction of sp³-hybridized carbons (Fsp3) is 0.606. The van der Waals surface area contributed by atoms with Gasteiger partial charge in [-0.3, -0.25) is 9.69 Å². The molecule has 0 radical (unpaired) electrons. The van der Waals surface area contributed by atoms with Crippen molar-refractivity contribution in [2.24, 2.45) is 17.8 Å². The Morgan fingerprint density at radius 3 is 2.25 bits per heavy atom. The van der Waals surface area contributed by atoms with Crippen molar-refractivity contribution in [3.8, 4) is 0 Å². The molecule has 1 saturated carbocycles. The molecule has 2 saturated heterocycles. The zero-order chi connectivity index (χ0) is 28.1. The highest BCUT2D eigenvalue weighted by Crippen LogP contribution is 2.40. The van der Waals surface area contributed by atoms with Crippen LogP contribution in [0, 0.1) is 23.6 Å². The van der Waals surface area contributed by atoms with Gasteiger partial charge in [-0.1, -0.05) is 61.7 Å². The molecule has 218 valence electrons. The van der Waals surface area contributed by atoms with Crippen molar-refractivity contribution >= 4 is 5.97 Å². The first kappa shape index (κ1) is 29.1. The Hall–Kier alpha value is -2.38. The number of alkyl halides is 2. The van der Waals surface area contributed by atoms with E-state index in [4.69, 9.17) is 0 Å². The van der Waals surface area contributed by atoms with E-state index >= 15 is 0 Å². The molecule has 1 N–H and O–H groups in total. The zero-order valence-corrected chi connectivity index (χ0v) is 23.4. The number of carbonyl (C=O) groups is 1. The van der Waals surface area contributed by atoms with E-state index in [2.05, 4.69) is 34.1 Å². The van der Waals surface area contributed by atoms with E-state index in [9.17, 15) is 23.1 Å². The maximum Gasteiger partial charge on any atom is 0.321 e. The van der Waals surface area contributed by atoms with Crippen LogP contribution in [0.1, 0.15) is 74.8 Å². The molecular formula is C33H43F3N2O2. The van der Waals surface area contributed by atoms with Gasteiger partial charge in [-0.05, 0) is 80.6 Å². The average molecular weight is 557 g/mol. The number of carboxylic acid groups (broad SMARTS) is 1. The second-order valence-electron chi connectivity index (χ2n) is 12.4. The van der Waals surface area contributed by atoms with Crippen LogP contribution in [-0.4, -0.2) is 59.6 Å². The molecule has 0 unspecified atom stereocenters. The molecule has 4 nitrogen and oxygen atoms in total. The molecule has 1 aliphatic carbocycles. The molecule has 2 aromatic rings. The Morgan fingerprint density at radius 2 is 1.60 bits per heavy atom. The molecule has 3 aliphatic rings. The number of halogens is 3. The van der Waals surface area contributed by atoms with Crippen molar-refractivity contribution < 1.29 is 23.1 Å². The van der Waals surface area contributed by atoms with Crippen LogP contribution in [0.2, 0.25) is 0 Å². The van der Waals surface area contributed by atoms with Crippen molar-refractivity contribution in [3.63, 3.8) is 0 Å². The van der Waals surface area contributed by atoms with Gasteiger partial charge in [0.15, 0.2) is 0 Å². The summed E-state index contributed by atoms with van der Waals surface area (Å²) >= 11 is 0. The SMILES string of the molecule is O=C(O)[C@@H](C1CCCCC1)N1C[C@H](CN2CCC(CCC(F)(F)c3ccc(F)cc3)CC2)[C@@H](c2ccccc2)C1. The van der Waals surface area contributed by atoms with Crippen LogP contribution in [0.4, 0.5) is 13.2 Å². The van der Waals surface area contributed by atoms with Crippen LogP contribution in [-0.2, 0) is 10.7 Å². The molecule has 7 heteroatoms. The highest BCUT2D eigenvalue weighted by Gasteiger charge is 2.43. The van der Waals surface area contributed by atoms with Gasteiger partial charge in [0.1, 0.15) is 11.9 Å². The van der Waals surface area contributed by atoms with Gasteiger partial charge in [-0.2, -0.15) is 0 Å². The van der Waals surface area contributed by atoms with Crippen molar-refractivity contribution in [3.05, 3.63) is 71.5 Å². The van der Waals surface area contributed by atoms with Gasteiger partial charge in [-0.25, -0.2) is 13.2 Å². The van der Waals surface area contributed by atoms with Gasteiger partial charge in [0.05, 0.1) is 0 Å². The molecule has 2 heterocycles. The van der Waals surface area contributed by atoms with Crippen LogP contribution in [0.5, 0.6) is 0 Å². The molecule has 0 spiro atoms. The topological polar surface area (TPSA) is 43.8 Å². The average Bonchev–Trinajstić information content (AvgIpc) is 3.36. The summed E-state index contributed by atoms with van der Waals surface area (Å²) in [6.07, 6.45) is 7.49. The predicted molar refractivity (Wildman–Crippen MR) is 151 cm³/mol. The van der Waals surface area contributed by atoms with Crippen LogP contribution < -0.4 is 0 Å². The van der Waals surface area contributed by atoms with E-state index < -0.39 is 23.8 Å². The van der Waals surface area contributed by atoms with Crippen LogP contribution in [0.3, 0.4) is 0 Å². The summed E-state index contributed by atoms with van der Waals surface area (Å²) in [5.41, 5.74) is 1.16. The van der Waals surface area contributed by atoms with E-state index in [-0.39, 0.29) is 23.8 Å². The van der Waals surface area contributed by atoms with E-state index in [0.717, 1.165) is 83.4 Å². The van der Waals surface area contributed by atoms with E-state index in [0.29, 0.717) is 18.3 Å². The van der Waals surface area contributed by atoms with Gasteiger partial charge in [0.25, 0.3) is 5.92 Å². The maximum absolute atomic E-state index is 14.7. The Labute approximate surface area is 236 Å². The van der Waals surface area contributed by atoms with Gasteiger partial charge in [0, 0.05) is 37.5 Å². The van der Waals surface area contributed by atoms with Crippen LogP contribution >= 0.6 is 0 Å². The number of hydrogen-bond donors (Lipinski definition) is 1. The summed E-state index contributed by atoms with van der Waals surface area (Å²) in [5.74, 6) is -3.01. The number of benzene rings is 2. The zero-order valence-electron chi connectivity index (χ0n) is 23.4. The number of aliphatic carboxylic acids is 1. The Bertz CT molecular complexity index is 1080.